The maximum absolute atomic E-state index is 12.3. The van der Waals surface area contributed by atoms with Crippen LogP contribution in [0.25, 0.3) is 0 Å². The lowest BCUT2D eigenvalue weighted by Crippen LogP contribution is -2.24. The predicted octanol–water partition coefficient (Wildman–Crippen LogP) is 3.76. The van der Waals surface area contributed by atoms with Crippen molar-refractivity contribution in [1.82, 2.24) is 0 Å². The van der Waals surface area contributed by atoms with Gasteiger partial charge in [0.2, 0.25) is 0 Å². The zero-order valence-electron chi connectivity index (χ0n) is 10.6. The Bertz CT molecular complexity index is 484. The highest BCUT2D eigenvalue weighted by Gasteiger charge is 2.28. The van der Waals surface area contributed by atoms with E-state index >= 15 is 0 Å². The smallest absolute Gasteiger partial charge is 0.306 e. The number of Topliss-reactive ketones (excluding diaryl/α,β-unsaturated/α-hetero) is 1. The number of carboxylic acids is 1. The molecule has 1 aromatic rings. The summed E-state index contributed by atoms with van der Waals surface area (Å²) >= 11 is 2.17. The van der Waals surface area contributed by atoms with Gasteiger partial charge < -0.3 is 5.11 Å². The third kappa shape index (κ3) is 3.78. The Hall–Kier alpha value is -0.910. The number of hydrogen-bond donors (Lipinski definition) is 1. The van der Waals surface area contributed by atoms with Crippen LogP contribution in [0.3, 0.4) is 0 Å². The Morgan fingerprint density at radius 1 is 1.26 bits per heavy atom. The molecule has 1 N–H and O–H groups in total. The van der Waals surface area contributed by atoms with Crippen LogP contribution in [0.5, 0.6) is 0 Å². The molecule has 0 saturated heterocycles. The molecule has 0 unspecified atom stereocenters. The van der Waals surface area contributed by atoms with Crippen LogP contribution in [0.1, 0.15) is 42.5 Å². The molecule has 4 heteroatoms. The van der Waals surface area contributed by atoms with Crippen LogP contribution in [-0.4, -0.2) is 16.9 Å². The van der Waals surface area contributed by atoms with E-state index in [1.807, 2.05) is 24.3 Å². The number of carboxylic acid groups (broad SMARTS) is 1. The van der Waals surface area contributed by atoms with Gasteiger partial charge >= 0.3 is 5.97 Å². The molecule has 3 nitrogen and oxygen atoms in total. The molecule has 0 radical (unpaired) electrons. The van der Waals surface area contributed by atoms with E-state index in [-0.39, 0.29) is 17.6 Å². The zero-order chi connectivity index (χ0) is 13.8. The van der Waals surface area contributed by atoms with Crippen molar-refractivity contribution < 1.29 is 14.7 Å². The fourth-order valence-corrected chi connectivity index (χ4v) is 3.45. The molecule has 0 amide bonds. The second-order valence-electron chi connectivity index (χ2n) is 5.17. The van der Waals surface area contributed by atoms with Crippen molar-refractivity contribution in [2.75, 3.05) is 0 Å². The Morgan fingerprint density at radius 2 is 2.00 bits per heavy atom. The molecular weight excluding hydrogens is 355 g/mol. The number of carbonyl (C=O) groups is 2. The molecule has 2 rings (SSSR count). The molecular formula is C15H17IO3. The van der Waals surface area contributed by atoms with Crippen LogP contribution in [0.2, 0.25) is 0 Å². The minimum Gasteiger partial charge on any atom is -0.481 e. The second kappa shape index (κ2) is 6.50. The van der Waals surface area contributed by atoms with Crippen molar-refractivity contribution in [3.8, 4) is 0 Å². The Kier molecular flexibility index (Phi) is 4.96. The molecule has 102 valence electrons. The van der Waals surface area contributed by atoms with E-state index in [2.05, 4.69) is 22.6 Å². The zero-order valence-corrected chi connectivity index (χ0v) is 12.8. The molecule has 0 spiro atoms. The SMILES string of the molecule is O=C(C[C@@H]1CCC[C@H](C(=O)O)C1)c1ccccc1I. The Balaban J connectivity index is 1.99. The first-order chi connectivity index (χ1) is 9.08. The van der Waals surface area contributed by atoms with Crippen LogP contribution < -0.4 is 0 Å². The van der Waals surface area contributed by atoms with Gasteiger partial charge in [-0.1, -0.05) is 24.6 Å². The first-order valence-electron chi connectivity index (χ1n) is 6.58. The fraction of sp³-hybridized carbons (Fsp3) is 0.467. The topological polar surface area (TPSA) is 54.4 Å². The van der Waals surface area contributed by atoms with Gasteiger partial charge in [0.05, 0.1) is 5.92 Å². The van der Waals surface area contributed by atoms with Gasteiger partial charge in [0.15, 0.2) is 5.78 Å². The van der Waals surface area contributed by atoms with Gasteiger partial charge in [-0.3, -0.25) is 9.59 Å². The predicted molar refractivity (Wildman–Crippen MR) is 81.2 cm³/mol. The maximum atomic E-state index is 12.3. The summed E-state index contributed by atoms with van der Waals surface area (Å²) in [5.74, 6) is -0.618. The van der Waals surface area contributed by atoms with Crippen molar-refractivity contribution in [2.45, 2.75) is 32.1 Å². The lowest BCUT2D eigenvalue weighted by atomic mass is 9.78. The molecule has 1 aromatic carbocycles. The highest BCUT2D eigenvalue weighted by molar-refractivity contribution is 14.1. The minimum absolute atomic E-state index is 0.140. The first kappa shape index (κ1) is 14.5. The second-order valence-corrected chi connectivity index (χ2v) is 6.34. The number of halogens is 1. The molecule has 0 bridgehead atoms. The summed E-state index contributed by atoms with van der Waals surface area (Å²) in [4.78, 5) is 23.3. The molecule has 19 heavy (non-hydrogen) atoms. The molecule has 0 heterocycles. The quantitative estimate of drug-likeness (QED) is 0.647. The highest BCUT2D eigenvalue weighted by Crippen LogP contribution is 2.32. The fourth-order valence-electron chi connectivity index (χ4n) is 2.76. The normalized spacial score (nSPS) is 23.0. The molecule has 0 aromatic heterocycles. The number of rotatable bonds is 4. The maximum Gasteiger partial charge on any atom is 0.306 e. The van der Waals surface area contributed by atoms with Crippen molar-refractivity contribution in [3.63, 3.8) is 0 Å². The van der Waals surface area contributed by atoms with E-state index < -0.39 is 5.97 Å². The van der Waals surface area contributed by atoms with Crippen molar-refractivity contribution >= 4 is 34.3 Å². The van der Waals surface area contributed by atoms with Crippen LogP contribution in [0, 0.1) is 15.4 Å². The summed E-state index contributed by atoms with van der Waals surface area (Å²) in [6, 6.07) is 7.56. The average molecular weight is 372 g/mol. The van der Waals surface area contributed by atoms with Crippen LogP contribution in [0.4, 0.5) is 0 Å². The van der Waals surface area contributed by atoms with Gasteiger partial charge in [0.25, 0.3) is 0 Å². The molecule has 1 aliphatic carbocycles. The van der Waals surface area contributed by atoms with Crippen molar-refractivity contribution in [1.29, 1.82) is 0 Å². The van der Waals surface area contributed by atoms with Gasteiger partial charge in [-0.05, 0) is 53.8 Å². The third-order valence-electron chi connectivity index (χ3n) is 3.78. The van der Waals surface area contributed by atoms with Crippen LogP contribution in [0.15, 0.2) is 24.3 Å². The molecule has 2 atom stereocenters. The number of carbonyl (C=O) groups excluding carboxylic acids is 1. The standard InChI is InChI=1S/C15H17IO3/c16-13-7-2-1-6-12(13)14(17)9-10-4-3-5-11(8-10)15(18)19/h1-2,6-7,10-11H,3-5,8-9H2,(H,18,19)/t10-,11+/m1/s1. The van der Waals surface area contributed by atoms with E-state index in [0.29, 0.717) is 12.8 Å². The number of ketones is 1. The monoisotopic (exact) mass is 372 g/mol. The molecule has 1 saturated carbocycles. The minimum atomic E-state index is -0.716. The molecule has 0 aliphatic heterocycles. The third-order valence-corrected chi connectivity index (χ3v) is 4.72. The Labute approximate surface area is 126 Å². The van der Waals surface area contributed by atoms with Gasteiger partial charge in [-0.2, -0.15) is 0 Å². The largest absolute Gasteiger partial charge is 0.481 e. The van der Waals surface area contributed by atoms with E-state index in [1.165, 1.54) is 0 Å². The molecule has 1 fully saturated rings. The van der Waals surface area contributed by atoms with Crippen LogP contribution >= 0.6 is 22.6 Å². The van der Waals surface area contributed by atoms with Crippen molar-refractivity contribution in [2.24, 2.45) is 11.8 Å². The number of hydrogen-bond acceptors (Lipinski definition) is 2. The van der Waals surface area contributed by atoms with Gasteiger partial charge in [0.1, 0.15) is 0 Å². The lowest BCUT2D eigenvalue weighted by Gasteiger charge is -2.26. The van der Waals surface area contributed by atoms with Gasteiger partial charge in [-0.25, -0.2) is 0 Å². The summed E-state index contributed by atoms with van der Waals surface area (Å²) in [5, 5.41) is 9.07. The summed E-state index contributed by atoms with van der Waals surface area (Å²) in [7, 11) is 0. The summed E-state index contributed by atoms with van der Waals surface area (Å²) in [5.41, 5.74) is 0.764. The van der Waals surface area contributed by atoms with E-state index in [0.717, 1.165) is 28.4 Å². The van der Waals surface area contributed by atoms with E-state index in [4.69, 9.17) is 5.11 Å². The number of aliphatic carboxylic acids is 1. The number of benzene rings is 1. The highest BCUT2D eigenvalue weighted by atomic mass is 127. The molecule has 1 aliphatic rings. The lowest BCUT2D eigenvalue weighted by molar-refractivity contribution is -0.143. The first-order valence-corrected chi connectivity index (χ1v) is 7.66. The van der Waals surface area contributed by atoms with Crippen molar-refractivity contribution in [3.05, 3.63) is 33.4 Å². The average Bonchev–Trinajstić information content (AvgIpc) is 2.39. The summed E-state index contributed by atoms with van der Waals surface area (Å²) in [6.45, 7) is 0. The van der Waals surface area contributed by atoms with Crippen LogP contribution in [-0.2, 0) is 4.79 Å². The van der Waals surface area contributed by atoms with E-state index in [9.17, 15) is 9.59 Å². The summed E-state index contributed by atoms with van der Waals surface area (Å²) in [6.07, 6.45) is 3.76. The van der Waals surface area contributed by atoms with E-state index in [1.54, 1.807) is 0 Å². The Morgan fingerprint density at radius 3 is 2.68 bits per heavy atom. The van der Waals surface area contributed by atoms with Gasteiger partial charge in [-0.15, -0.1) is 0 Å². The summed E-state index contributed by atoms with van der Waals surface area (Å²) < 4.78 is 0.968. The van der Waals surface area contributed by atoms with Gasteiger partial charge in [0, 0.05) is 15.6 Å².